The third kappa shape index (κ3) is 1.93. The highest BCUT2D eigenvalue weighted by atomic mass is 79.9. The van der Waals surface area contributed by atoms with Crippen molar-refractivity contribution in [3.63, 3.8) is 0 Å². The first-order valence-electron chi connectivity index (χ1n) is 3.21. The maximum Gasteiger partial charge on any atom is 0.200 e. The molecule has 2 heterocycles. The van der Waals surface area contributed by atoms with E-state index < -0.39 is 0 Å². The second-order valence-electron chi connectivity index (χ2n) is 2.19. The van der Waals surface area contributed by atoms with Crippen LogP contribution in [0, 0.1) is 0 Å². The van der Waals surface area contributed by atoms with E-state index in [1.165, 1.54) is 11.5 Å². The van der Waals surface area contributed by atoms with Crippen LogP contribution in [0.15, 0.2) is 14.3 Å². The summed E-state index contributed by atoms with van der Waals surface area (Å²) in [6.07, 6.45) is 0. The summed E-state index contributed by atoms with van der Waals surface area (Å²) >= 11 is 9.59. The second kappa shape index (κ2) is 3.64. The van der Waals surface area contributed by atoms with Crippen LogP contribution < -0.4 is 5.73 Å². The highest BCUT2D eigenvalue weighted by molar-refractivity contribution is 9.13. The average Bonchev–Trinajstić information content (AvgIpc) is 2.61. The summed E-state index contributed by atoms with van der Waals surface area (Å²) < 4.78 is 6.17. The lowest BCUT2D eigenvalue weighted by atomic mass is 10.4. The molecule has 13 heavy (non-hydrogen) atoms. The van der Waals surface area contributed by atoms with Gasteiger partial charge in [-0.25, -0.2) is 0 Å². The fourth-order valence-electron chi connectivity index (χ4n) is 0.792. The van der Waals surface area contributed by atoms with Crippen LogP contribution in [0.4, 0.5) is 5.13 Å². The zero-order valence-electron chi connectivity index (χ0n) is 6.12. The molecule has 0 aliphatic heterocycles. The van der Waals surface area contributed by atoms with Crippen LogP contribution in [0.5, 0.6) is 0 Å². The number of nitrogen functional groups attached to an aromatic ring is 1. The predicted octanol–water partition coefficient (Wildman–Crippen LogP) is 3.37. The number of halogens is 2. The fourth-order valence-corrected chi connectivity index (χ4v) is 3.27. The molecule has 2 rings (SSSR count). The van der Waals surface area contributed by atoms with Crippen LogP contribution in [-0.2, 0) is 0 Å². The molecule has 0 aromatic carbocycles. The summed E-state index contributed by atoms with van der Waals surface area (Å²) in [6.45, 7) is 0. The Morgan fingerprint density at radius 1 is 1.38 bits per heavy atom. The first-order valence-corrected chi connectivity index (χ1v) is 6.39. The van der Waals surface area contributed by atoms with Gasteiger partial charge >= 0.3 is 0 Å². The number of anilines is 1. The summed E-state index contributed by atoms with van der Waals surface area (Å²) in [5, 5.41) is 0.496. The Balaban J connectivity index is 2.46. The first kappa shape index (κ1) is 9.57. The molecule has 0 spiro atoms. The van der Waals surface area contributed by atoms with Crippen molar-refractivity contribution >= 4 is 59.9 Å². The van der Waals surface area contributed by atoms with E-state index in [-0.39, 0.29) is 0 Å². The quantitative estimate of drug-likeness (QED) is 0.865. The minimum absolute atomic E-state index is 0.496. The van der Waals surface area contributed by atoms with Gasteiger partial charge in [-0.1, -0.05) is 0 Å². The Morgan fingerprint density at radius 3 is 2.62 bits per heavy atom. The Morgan fingerprint density at radius 2 is 2.15 bits per heavy atom. The number of rotatable bonds is 1. The molecule has 0 aliphatic carbocycles. The number of nitrogens with zero attached hydrogens (tertiary/aromatic N) is 2. The maximum atomic E-state index is 5.49. The van der Waals surface area contributed by atoms with Gasteiger partial charge in [0, 0.05) is 16.0 Å². The van der Waals surface area contributed by atoms with Gasteiger partial charge in [0.25, 0.3) is 0 Å². The molecule has 0 saturated heterocycles. The van der Waals surface area contributed by atoms with Crippen molar-refractivity contribution in [3.05, 3.63) is 14.3 Å². The van der Waals surface area contributed by atoms with Gasteiger partial charge in [0.15, 0.2) is 11.0 Å². The molecule has 68 valence electrons. The largest absolute Gasteiger partial charge is 0.374 e. The van der Waals surface area contributed by atoms with Crippen molar-refractivity contribution in [1.29, 1.82) is 0 Å². The molecular weight excluding hydrogens is 338 g/mol. The number of aromatic nitrogens is 2. The monoisotopic (exact) mass is 339 g/mol. The van der Waals surface area contributed by atoms with Crippen LogP contribution in [0.2, 0.25) is 0 Å². The molecule has 0 atom stereocenters. The third-order valence-corrected chi connectivity index (χ3v) is 5.10. The molecule has 2 aromatic heterocycles. The van der Waals surface area contributed by atoms with Crippen molar-refractivity contribution < 1.29 is 0 Å². The highest BCUT2D eigenvalue weighted by Gasteiger charge is 2.10. The van der Waals surface area contributed by atoms with E-state index in [2.05, 4.69) is 41.2 Å². The maximum absolute atomic E-state index is 5.49. The average molecular weight is 341 g/mol. The molecule has 0 unspecified atom stereocenters. The van der Waals surface area contributed by atoms with Crippen molar-refractivity contribution in [2.75, 3.05) is 5.73 Å². The lowest BCUT2D eigenvalue weighted by molar-refractivity contribution is 1.35. The van der Waals surface area contributed by atoms with Crippen LogP contribution >= 0.6 is 54.7 Å². The van der Waals surface area contributed by atoms with Gasteiger partial charge in [0.05, 0.1) is 8.66 Å². The molecule has 0 saturated carbocycles. The Bertz CT molecular complexity index is 417. The fraction of sp³-hybridized carbons (Fsp3) is 0. The minimum Gasteiger partial charge on any atom is -0.374 e. The van der Waals surface area contributed by atoms with Gasteiger partial charge < -0.3 is 5.73 Å². The van der Waals surface area contributed by atoms with Crippen molar-refractivity contribution in [2.24, 2.45) is 0 Å². The lowest BCUT2D eigenvalue weighted by Crippen LogP contribution is -1.81. The molecule has 0 fully saturated rings. The molecule has 2 aromatic rings. The second-order valence-corrected chi connectivity index (χ2v) is 6.20. The molecule has 0 radical (unpaired) electrons. The van der Waals surface area contributed by atoms with Crippen molar-refractivity contribution in [3.8, 4) is 10.7 Å². The first-order chi connectivity index (χ1) is 6.16. The molecule has 0 amide bonds. The predicted molar refractivity (Wildman–Crippen MR) is 63.0 cm³/mol. The molecule has 2 N–H and O–H groups in total. The zero-order valence-corrected chi connectivity index (χ0v) is 10.9. The van der Waals surface area contributed by atoms with Crippen molar-refractivity contribution in [1.82, 2.24) is 9.36 Å². The van der Waals surface area contributed by atoms with Gasteiger partial charge in [0.1, 0.15) is 0 Å². The topological polar surface area (TPSA) is 51.8 Å². The standard InChI is InChI=1S/C6H3Br2N3S2/c7-2-1-3(12-4(2)8)5-10-6(9)13-11-5/h1H,(H2,9,10,11). The summed E-state index contributed by atoms with van der Waals surface area (Å²) in [4.78, 5) is 5.10. The van der Waals surface area contributed by atoms with Crippen LogP contribution in [0.3, 0.4) is 0 Å². The van der Waals surface area contributed by atoms with Gasteiger partial charge in [0.2, 0.25) is 0 Å². The number of hydrogen-bond acceptors (Lipinski definition) is 5. The van der Waals surface area contributed by atoms with E-state index >= 15 is 0 Å². The van der Waals surface area contributed by atoms with E-state index in [0.717, 1.165) is 13.1 Å². The summed E-state index contributed by atoms with van der Waals surface area (Å²) in [6, 6.07) is 1.97. The van der Waals surface area contributed by atoms with Crippen LogP contribution in [0.25, 0.3) is 10.7 Å². The van der Waals surface area contributed by atoms with Gasteiger partial charge in [-0.05, 0) is 37.9 Å². The third-order valence-electron chi connectivity index (χ3n) is 1.31. The SMILES string of the molecule is Nc1nc(-c2cc(Br)c(Br)s2)ns1. The summed E-state index contributed by atoms with van der Waals surface area (Å²) in [7, 11) is 0. The lowest BCUT2D eigenvalue weighted by Gasteiger charge is -1.83. The molecular formula is C6H3Br2N3S2. The molecule has 0 bridgehead atoms. The van der Waals surface area contributed by atoms with E-state index in [0.29, 0.717) is 11.0 Å². The Kier molecular flexibility index (Phi) is 2.68. The number of nitrogens with two attached hydrogens (primary N) is 1. The van der Waals surface area contributed by atoms with Crippen molar-refractivity contribution in [2.45, 2.75) is 0 Å². The van der Waals surface area contributed by atoms with E-state index in [1.54, 1.807) is 11.3 Å². The summed E-state index contributed by atoms with van der Waals surface area (Å²) in [5.74, 6) is 0.693. The number of hydrogen-bond donors (Lipinski definition) is 1. The minimum atomic E-state index is 0.496. The zero-order chi connectivity index (χ0) is 9.42. The molecule has 0 aliphatic rings. The van der Waals surface area contributed by atoms with E-state index in [1.807, 2.05) is 6.07 Å². The van der Waals surface area contributed by atoms with E-state index in [4.69, 9.17) is 5.73 Å². The van der Waals surface area contributed by atoms with Gasteiger partial charge in [-0.2, -0.15) is 9.36 Å². The Hall–Kier alpha value is 0.0200. The smallest absolute Gasteiger partial charge is 0.200 e. The van der Waals surface area contributed by atoms with Gasteiger partial charge in [-0.15, -0.1) is 11.3 Å². The normalized spacial score (nSPS) is 10.6. The highest BCUT2D eigenvalue weighted by Crippen LogP contribution is 2.37. The van der Waals surface area contributed by atoms with Gasteiger partial charge in [-0.3, -0.25) is 0 Å². The molecule has 3 nitrogen and oxygen atoms in total. The Labute approximate surface area is 99.4 Å². The summed E-state index contributed by atoms with van der Waals surface area (Å²) in [5.41, 5.74) is 5.49. The number of thiophene rings is 1. The van der Waals surface area contributed by atoms with E-state index in [9.17, 15) is 0 Å². The molecule has 7 heteroatoms. The van der Waals surface area contributed by atoms with Crippen LogP contribution in [-0.4, -0.2) is 9.36 Å². The van der Waals surface area contributed by atoms with Crippen LogP contribution in [0.1, 0.15) is 0 Å².